The fourth-order valence-electron chi connectivity index (χ4n) is 2.66. The summed E-state index contributed by atoms with van der Waals surface area (Å²) < 4.78 is 9.99. The Labute approximate surface area is 141 Å². The van der Waals surface area contributed by atoms with Gasteiger partial charge in [0, 0.05) is 47.3 Å². The van der Waals surface area contributed by atoms with E-state index in [0.29, 0.717) is 44.4 Å². The zero-order chi connectivity index (χ0) is 17.5. The molecule has 1 aromatic heterocycles. The molecule has 1 aromatic rings. The van der Waals surface area contributed by atoms with E-state index in [1.54, 1.807) is 26.1 Å². The number of carbonyl (C=O) groups is 2. The number of ether oxygens (including phenoxy) is 1. The zero-order valence-electron chi connectivity index (χ0n) is 14.4. The molecule has 2 rings (SSSR count). The minimum Gasteiger partial charge on any atom is -0.377 e. The van der Waals surface area contributed by atoms with Crippen LogP contribution in [-0.2, 0) is 22.6 Å². The molecule has 0 saturated carbocycles. The molecule has 1 aliphatic rings. The third kappa shape index (κ3) is 4.92. The van der Waals surface area contributed by atoms with Gasteiger partial charge in [0.1, 0.15) is 6.61 Å². The summed E-state index contributed by atoms with van der Waals surface area (Å²) in [5, 5.41) is 6.65. The summed E-state index contributed by atoms with van der Waals surface area (Å²) in [6.07, 6.45) is 2.10. The van der Waals surface area contributed by atoms with Crippen LogP contribution in [0.1, 0.15) is 24.6 Å². The Bertz CT molecular complexity index is 560. The Morgan fingerprint density at radius 1 is 1.46 bits per heavy atom. The molecule has 0 bridgehead atoms. The van der Waals surface area contributed by atoms with Crippen LogP contribution in [0.2, 0.25) is 0 Å². The summed E-state index contributed by atoms with van der Waals surface area (Å²) in [4.78, 5) is 31.7. The van der Waals surface area contributed by atoms with E-state index in [4.69, 9.17) is 9.26 Å². The van der Waals surface area contributed by atoms with E-state index in [1.165, 1.54) is 4.90 Å². The predicted octanol–water partition coefficient (Wildman–Crippen LogP) is 0.268. The first-order chi connectivity index (χ1) is 11.5. The van der Waals surface area contributed by atoms with E-state index in [0.717, 1.165) is 12.8 Å². The molecule has 9 nitrogen and oxygen atoms in total. The Hall–Kier alpha value is -2.16. The number of methoxy groups -OCH3 is 1. The lowest BCUT2D eigenvalue weighted by atomic mass is 9.97. The van der Waals surface area contributed by atoms with E-state index in [1.807, 2.05) is 0 Å². The second-order valence-electron chi connectivity index (χ2n) is 6.04. The number of nitrogens with zero attached hydrogens (tertiary/aromatic N) is 4. The number of carbonyl (C=O) groups excluding carboxylic acids is 2. The highest BCUT2D eigenvalue weighted by atomic mass is 16.5. The maximum Gasteiger partial charge on any atom is 0.319 e. The smallest absolute Gasteiger partial charge is 0.319 e. The monoisotopic (exact) mass is 339 g/mol. The number of hydrogen-bond donors (Lipinski definition) is 1. The van der Waals surface area contributed by atoms with Crippen LogP contribution in [0.15, 0.2) is 4.52 Å². The molecular weight excluding hydrogens is 314 g/mol. The normalized spacial score (nSPS) is 17.6. The minimum absolute atomic E-state index is 0.0390. The highest BCUT2D eigenvalue weighted by molar-refractivity contribution is 5.80. The molecule has 0 aromatic carbocycles. The number of amides is 3. The molecule has 0 unspecified atom stereocenters. The molecule has 134 valence electrons. The molecule has 0 spiro atoms. The van der Waals surface area contributed by atoms with Crippen molar-refractivity contribution in [2.75, 3.05) is 40.8 Å². The van der Waals surface area contributed by atoms with E-state index < -0.39 is 0 Å². The molecule has 3 amide bonds. The molecule has 1 aliphatic heterocycles. The molecule has 1 atom stereocenters. The van der Waals surface area contributed by atoms with Gasteiger partial charge in [0.25, 0.3) is 0 Å². The van der Waals surface area contributed by atoms with Crippen molar-refractivity contribution in [1.29, 1.82) is 0 Å². The van der Waals surface area contributed by atoms with Crippen LogP contribution in [0.25, 0.3) is 0 Å². The van der Waals surface area contributed by atoms with Crippen LogP contribution in [0.3, 0.4) is 0 Å². The van der Waals surface area contributed by atoms with Gasteiger partial charge in [0.2, 0.25) is 11.8 Å². The Kier molecular flexibility index (Phi) is 6.53. The molecule has 2 heterocycles. The van der Waals surface area contributed by atoms with Crippen LogP contribution < -0.4 is 5.32 Å². The number of aromatic nitrogens is 2. The molecule has 0 radical (unpaired) electrons. The van der Waals surface area contributed by atoms with Gasteiger partial charge < -0.3 is 24.4 Å². The minimum atomic E-state index is -0.172. The summed E-state index contributed by atoms with van der Waals surface area (Å²) in [5.74, 6) is 0.747. The Morgan fingerprint density at radius 3 is 2.96 bits per heavy atom. The van der Waals surface area contributed by atoms with Crippen molar-refractivity contribution in [3.63, 3.8) is 0 Å². The van der Waals surface area contributed by atoms with Gasteiger partial charge in [-0.2, -0.15) is 4.98 Å². The predicted molar refractivity (Wildman–Crippen MR) is 85.1 cm³/mol. The van der Waals surface area contributed by atoms with Crippen molar-refractivity contribution in [1.82, 2.24) is 25.3 Å². The number of hydrogen-bond acceptors (Lipinski definition) is 6. The van der Waals surface area contributed by atoms with Gasteiger partial charge in [0.05, 0.1) is 5.92 Å². The average Bonchev–Trinajstić information content (AvgIpc) is 3.02. The molecular formula is C15H25N5O4. The molecule has 1 fully saturated rings. The topological polar surface area (TPSA) is 101 Å². The summed E-state index contributed by atoms with van der Waals surface area (Å²) in [7, 11) is 4.99. The van der Waals surface area contributed by atoms with E-state index >= 15 is 0 Å². The van der Waals surface area contributed by atoms with Gasteiger partial charge in [-0.05, 0) is 12.8 Å². The fraction of sp³-hybridized carbons (Fsp3) is 0.733. The van der Waals surface area contributed by atoms with Crippen LogP contribution >= 0.6 is 0 Å². The zero-order valence-corrected chi connectivity index (χ0v) is 14.4. The van der Waals surface area contributed by atoms with Crippen molar-refractivity contribution in [2.24, 2.45) is 5.92 Å². The van der Waals surface area contributed by atoms with Crippen molar-refractivity contribution < 1.29 is 18.8 Å². The van der Waals surface area contributed by atoms with Gasteiger partial charge in [-0.15, -0.1) is 0 Å². The fourth-order valence-corrected chi connectivity index (χ4v) is 2.66. The number of piperidine rings is 1. The SMILES string of the molecule is COCc1noc(CCNC(=O)[C@@H]2CCCN(C(=O)N(C)C)C2)n1. The van der Waals surface area contributed by atoms with Crippen LogP contribution in [0.5, 0.6) is 0 Å². The molecule has 24 heavy (non-hydrogen) atoms. The van der Waals surface area contributed by atoms with Gasteiger partial charge in [0.15, 0.2) is 5.82 Å². The first-order valence-corrected chi connectivity index (χ1v) is 8.05. The first-order valence-electron chi connectivity index (χ1n) is 8.05. The average molecular weight is 339 g/mol. The standard InChI is InChI=1S/C15H25N5O4/c1-19(2)15(22)20-8-4-5-11(9-20)14(21)16-7-6-13-17-12(10-23-3)18-24-13/h11H,4-10H2,1-3H3,(H,16,21)/t11-/m1/s1. The van der Waals surface area contributed by atoms with Crippen molar-refractivity contribution >= 4 is 11.9 Å². The van der Waals surface area contributed by atoms with E-state index in [-0.39, 0.29) is 17.9 Å². The van der Waals surface area contributed by atoms with Crippen LogP contribution in [0, 0.1) is 5.92 Å². The second kappa shape index (κ2) is 8.62. The summed E-state index contributed by atoms with van der Waals surface area (Å²) in [6, 6.07) is -0.0518. The number of likely N-dealkylation sites (tertiary alicyclic amines) is 1. The number of rotatable bonds is 6. The van der Waals surface area contributed by atoms with E-state index in [2.05, 4.69) is 15.5 Å². The summed E-state index contributed by atoms with van der Waals surface area (Å²) in [6.45, 7) is 1.88. The highest BCUT2D eigenvalue weighted by Crippen LogP contribution is 2.17. The quantitative estimate of drug-likeness (QED) is 0.798. The summed E-state index contributed by atoms with van der Waals surface area (Å²) in [5.41, 5.74) is 0. The lowest BCUT2D eigenvalue weighted by Gasteiger charge is -2.33. The molecule has 9 heteroatoms. The van der Waals surface area contributed by atoms with Gasteiger partial charge in [-0.1, -0.05) is 5.16 Å². The third-order valence-corrected chi connectivity index (χ3v) is 3.87. The van der Waals surface area contributed by atoms with Gasteiger partial charge in [-0.3, -0.25) is 4.79 Å². The lowest BCUT2D eigenvalue weighted by Crippen LogP contribution is -2.48. The number of nitrogens with one attached hydrogen (secondary N) is 1. The number of urea groups is 1. The largest absolute Gasteiger partial charge is 0.377 e. The van der Waals surface area contributed by atoms with Gasteiger partial charge >= 0.3 is 6.03 Å². The van der Waals surface area contributed by atoms with Crippen molar-refractivity contribution in [3.8, 4) is 0 Å². The Morgan fingerprint density at radius 2 is 2.25 bits per heavy atom. The first kappa shape index (κ1) is 18.2. The molecule has 0 aliphatic carbocycles. The van der Waals surface area contributed by atoms with Crippen LogP contribution in [-0.4, -0.2) is 72.7 Å². The maximum absolute atomic E-state index is 12.3. The maximum atomic E-state index is 12.3. The van der Waals surface area contributed by atoms with Crippen LogP contribution in [0.4, 0.5) is 4.79 Å². The van der Waals surface area contributed by atoms with Gasteiger partial charge in [-0.25, -0.2) is 4.79 Å². The molecule has 1 saturated heterocycles. The lowest BCUT2D eigenvalue weighted by molar-refractivity contribution is -0.126. The second-order valence-corrected chi connectivity index (χ2v) is 6.04. The molecule has 1 N–H and O–H groups in total. The summed E-state index contributed by atoms with van der Waals surface area (Å²) >= 11 is 0. The van der Waals surface area contributed by atoms with E-state index in [9.17, 15) is 9.59 Å². The van der Waals surface area contributed by atoms with Crippen molar-refractivity contribution in [2.45, 2.75) is 25.9 Å². The Balaban J connectivity index is 1.76. The van der Waals surface area contributed by atoms with Crippen molar-refractivity contribution in [3.05, 3.63) is 11.7 Å². The highest BCUT2D eigenvalue weighted by Gasteiger charge is 2.28. The third-order valence-electron chi connectivity index (χ3n) is 3.87.